The van der Waals surface area contributed by atoms with E-state index in [1.165, 1.54) is 22.7 Å². The van der Waals surface area contributed by atoms with E-state index in [-0.39, 0.29) is 29.5 Å². The summed E-state index contributed by atoms with van der Waals surface area (Å²) in [6.07, 6.45) is -1.37. The first kappa shape index (κ1) is 25.8. The Kier molecular flexibility index (Phi) is 7.15. The molecule has 0 aromatic heterocycles. The number of aromatic hydroxyl groups is 1. The monoisotopic (exact) mass is 509 g/mol. The largest absolute Gasteiger partial charge is 0.508 e. The van der Waals surface area contributed by atoms with Gasteiger partial charge in [-0.25, -0.2) is 0 Å². The molecule has 4 atom stereocenters. The molecule has 2 fully saturated rings. The fraction of sp³-hybridized carbons (Fsp3) is 0.370. The van der Waals surface area contributed by atoms with E-state index in [0.717, 1.165) is 11.1 Å². The summed E-state index contributed by atoms with van der Waals surface area (Å²) in [6, 6.07) is 12.2. The van der Waals surface area contributed by atoms with E-state index in [4.69, 9.17) is 0 Å². The lowest BCUT2D eigenvalue weighted by Crippen LogP contribution is -2.74. The lowest BCUT2D eigenvalue weighted by molar-refractivity contribution is -0.166. The number of aliphatic hydroxyl groups is 1. The van der Waals surface area contributed by atoms with Crippen molar-refractivity contribution in [3.63, 3.8) is 0 Å². The van der Waals surface area contributed by atoms with Crippen molar-refractivity contribution in [1.82, 2.24) is 15.1 Å². The number of carbonyl (C=O) groups is 3. The Bertz CT molecular complexity index is 1200. The third-order valence-corrected chi connectivity index (χ3v) is 8.30. The number of hydrogen-bond acceptors (Lipinski definition) is 6. The molecule has 0 aliphatic carbocycles. The maximum absolute atomic E-state index is 13.5. The fourth-order valence-electron chi connectivity index (χ4n) is 4.79. The lowest BCUT2D eigenvalue weighted by Gasteiger charge is -2.52. The quantitative estimate of drug-likeness (QED) is 0.373. The minimum Gasteiger partial charge on any atom is -0.508 e. The Morgan fingerprint density at radius 2 is 1.92 bits per heavy atom. The number of nitrogens with one attached hydrogen (secondary N) is 1. The number of β-lactam (4-membered cyclic amide) rings is 1. The number of hydrogen-bond donors (Lipinski definition) is 3. The predicted octanol–water partition coefficient (Wildman–Crippen LogP) is 2.44. The number of phenolic OH excluding ortho intramolecular Hbond substituents is 1. The second-order valence-electron chi connectivity index (χ2n) is 9.58. The Morgan fingerprint density at radius 3 is 2.58 bits per heavy atom. The second kappa shape index (κ2) is 9.99. The fourth-order valence-corrected chi connectivity index (χ4v) is 6.17. The van der Waals surface area contributed by atoms with Crippen molar-refractivity contribution < 1.29 is 24.6 Å². The molecule has 190 valence electrons. The van der Waals surface area contributed by atoms with Crippen molar-refractivity contribution in [1.29, 1.82) is 0 Å². The summed E-state index contributed by atoms with van der Waals surface area (Å²) in [5.41, 5.74) is 2.33. The summed E-state index contributed by atoms with van der Waals surface area (Å²) in [5, 5.41) is 24.0. The molecule has 3 N–H and O–H groups in total. The molecule has 2 saturated heterocycles. The van der Waals surface area contributed by atoms with Gasteiger partial charge in [0.25, 0.3) is 11.8 Å². The molecule has 0 bridgehead atoms. The van der Waals surface area contributed by atoms with E-state index >= 15 is 0 Å². The van der Waals surface area contributed by atoms with Gasteiger partial charge in [0.2, 0.25) is 5.91 Å². The zero-order valence-corrected chi connectivity index (χ0v) is 21.4. The van der Waals surface area contributed by atoms with Gasteiger partial charge in [-0.3, -0.25) is 14.4 Å². The number of fused-ring (bicyclic) bond motifs is 1. The molecule has 9 heteroatoms. The van der Waals surface area contributed by atoms with Crippen LogP contribution in [0.25, 0.3) is 0 Å². The van der Waals surface area contributed by atoms with Gasteiger partial charge in [-0.2, -0.15) is 0 Å². The molecule has 2 heterocycles. The Labute approximate surface area is 215 Å². The van der Waals surface area contributed by atoms with Gasteiger partial charge in [-0.1, -0.05) is 48.6 Å². The number of amides is 3. The average molecular weight is 510 g/mol. The zero-order valence-electron chi connectivity index (χ0n) is 20.6. The maximum atomic E-state index is 13.5. The first-order valence-electron chi connectivity index (χ1n) is 11.8. The Hall–Kier alpha value is -3.30. The summed E-state index contributed by atoms with van der Waals surface area (Å²) in [5.74, 6) is -1.05. The van der Waals surface area contributed by atoms with Crippen molar-refractivity contribution in [2.75, 3.05) is 12.4 Å². The minimum atomic E-state index is -1.57. The molecular formula is C27H31N3O5S. The van der Waals surface area contributed by atoms with Crippen LogP contribution >= 0.6 is 11.8 Å². The first-order valence-corrected chi connectivity index (χ1v) is 12.7. The van der Waals surface area contributed by atoms with Crippen molar-refractivity contribution in [2.24, 2.45) is 0 Å². The number of carbonyl (C=O) groups excluding carboxylic acids is 3. The van der Waals surface area contributed by atoms with Crippen molar-refractivity contribution in [2.45, 2.75) is 50.3 Å². The van der Waals surface area contributed by atoms with Crippen molar-refractivity contribution >= 4 is 29.5 Å². The highest BCUT2D eigenvalue weighted by atomic mass is 32.2. The Morgan fingerprint density at radius 1 is 1.22 bits per heavy atom. The number of nitrogens with zero attached hydrogens (tertiary/aromatic N) is 2. The average Bonchev–Trinajstić information content (AvgIpc) is 3.17. The van der Waals surface area contributed by atoms with Crippen LogP contribution in [-0.2, 0) is 16.0 Å². The van der Waals surface area contributed by atoms with Crippen LogP contribution in [0.4, 0.5) is 0 Å². The summed E-state index contributed by atoms with van der Waals surface area (Å²) >= 11 is 1.47. The molecule has 2 aliphatic heterocycles. The van der Waals surface area contributed by atoms with Crippen LogP contribution in [0.15, 0.2) is 60.7 Å². The van der Waals surface area contributed by atoms with Gasteiger partial charge in [-0.05, 0) is 44.9 Å². The zero-order chi connectivity index (χ0) is 26.2. The molecule has 0 saturated carbocycles. The van der Waals surface area contributed by atoms with E-state index in [1.807, 2.05) is 44.2 Å². The summed E-state index contributed by atoms with van der Waals surface area (Å²) in [6.45, 7) is 9.69. The van der Waals surface area contributed by atoms with E-state index < -0.39 is 34.9 Å². The third-order valence-electron chi connectivity index (χ3n) is 6.86. The standard InChI is InChI=1S/C27H31N3O5S/c1-16(2)14-30-26(35)23-27(30,4)36-15-29(23)25(34)22(32)20(13-18-9-6-5-7-10-18)28-24(33)19-11-8-12-21(31)17(19)3/h5-12,20,22-23,31-32H,1,13-15H2,2-4H3,(H,28,33)/t20-,22-,23+,27?/m0/s1. The Balaban J connectivity index is 1.56. The molecule has 2 aromatic rings. The van der Waals surface area contributed by atoms with Gasteiger partial charge < -0.3 is 25.3 Å². The number of likely N-dealkylation sites (tertiary alicyclic amines) is 1. The maximum Gasteiger partial charge on any atom is 0.255 e. The molecule has 1 unspecified atom stereocenters. The summed E-state index contributed by atoms with van der Waals surface area (Å²) < 4.78 is 0. The van der Waals surface area contributed by atoms with E-state index in [1.54, 1.807) is 24.0 Å². The smallest absolute Gasteiger partial charge is 0.255 e. The number of benzene rings is 2. The van der Waals surface area contributed by atoms with Gasteiger partial charge in [0, 0.05) is 17.7 Å². The first-order chi connectivity index (χ1) is 17.0. The molecular weight excluding hydrogens is 478 g/mol. The molecule has 4 rings (SSSR count). The van der Waals surface area contributed by atoms with Gasteiger partial charge >= 0.3 is 0 Å². The van der Waals surface area contributed by atoms with Crippen molar-refractivity contribution in [3.8, 4) is 5.75 Å². The highest BCUT2D eigenvalue weighted by Gasteiger charge is 2.65. The highest BCUT2D eigenvalue weighted by molar-refractivity contribution is 8.01. The summed E-state index contributed by atoms with van der Waals surface area (Å²) in [7, 11) is 0. The van der Waals surface area contributed by atoms with Gasteiger partial charge in [0.05, 0.1) is 11.9 Å². The van der Waals surface area contributed by atoms with Crippen LogP contribution in [0, 0.1) is 6.92 Å². The van der Waals surface area contributed by atoms with E-state index in [9.17, 15) is 24.6 Å². The number of aliphatic hydroxyl groups excluding tert-OH is 1. The normalized spacial score (nSPS) is 22.4. The third kappa shape index (κ3) is 4.60. The lowest BCUT2D eigenvalue weighted by atomic mass is 9.92. The highest BCUT2D eigenvalue weighted by Crippen LogP contribution is 2.50. The van der Waals surface area contributed by atoms with Crippen LogP contribution < -0.4 is 5.32 Å². The second-order valence-corrected chi connectivity index (χ2v) is 11.0. The van der Waals surface area contributed by atoms with Gasteiger partial charge in [0.15, 0.2) is 6.10 Å². The van der Waals surface area contributed by atoms with Crippen LogP contribution in [0.3, 0.4) is 0 Å². The van der Waals surface area contributed by atoms with Crippen molar-refractivity contribution in [3.05, 3.63) is 77.4 Å². The van der Waals surface area contributed by atoms with Crippen LogP contribution in [0.2, 0.25) is 0 Å². The van der Waals surface area contributed by atoms with Crippen LogP contribution in [-0.4, -0.2) is 73.2 Å². The molecule has 0 spiro atoms. The number of rotatable bonds is 8. The summed E-state index contributed by atoms with van der Waals surface area (Å²) in [4.78, 5) is 42.1. The molecule has 3 amide bonds. The van der Waals surface area contributed by atoms with Gasteiger partial charge in [-0.15, -0.1) is 11.8 Å². The van der Waals surface area contributed by atoms with E-state index in [2.05, 4.69) is 11.9 Å². The number of phenols is 1. The van der Waals surface area contributed by atoms with Gasteiger partial charge in [0.1, 0.15) is 16.7 Å². The molecule has 2 aromatic carbocycles. The SMILES string of the molecule is C=C(C)CN1C(=O)[C@H]2N(C(=O)[C@@H](O)[C@H](Cc3ccccc3)NC(=O)c3cccc(O)c3C)CSC21C. The minimum absolute atomic E-state index is 0.0185. The molecule has 36 heavy (non-hydrogen) atoms. The molecule has 0 radical (unpaired) electrons. The topological polar surface area (TPSA) is 110 Å². The van der Waals surface area contributed by atoms with E-state index in [0.29, 0.717) is 12.1 Å². The molecule has 8 nitrogen and oxygen atoms in total. The molecule has 2 aliphatic rings. The van der Waals surface area contributed by atoms with Crippen LogP contribution in [0.1, 0.15) is 35.3 Å². The number of thioether (sulfide) groups is 1. The van der Waals surface area contributed by atoms with Crippen LogP contribution in [0.5, 0.6) is 5.75 Å². The predicted molar refractivity (Wildman–Crippen MR) is 138 cm³/mol.